The molecular weight excluding hydrogens is 266 g/mol. The molecule has 0 atom stereocenters. The SMILES string of the molecule is CC(C)(C)NC(=O)NCCn1cc(-c2ccncc2)cn1. The summed E-state index contributed by atoms with van der Waals surface area (Å²) in [6.07, 6.45) is 7.28. The Kier molecular flexibility index (Phi) is 4.57. The van der Waals surface area contributed by atoms with Crippen LogP contribution in [0.25, 0.3) is 11.1 Å². The lowest BCUT2D eigenvalue weighted by Gasteiger charge is -2.20. The zero-order chi connectivity index (χ0) is 15.3. The average molecular weight is 287 g/mol. The topological polar surface area (TPSA) is 71.8 Å². The van der Waals surface area contributed by atoms with Gasteiger partial charge in [0.05, 0.1) is 12.7 Å². The highest BCUT2D eigenvalue weighted by Gasteiger charge is 2.12. The minimum Gasteiger partial charge on any atom is -0.336 e. The Morgan fingerprint density at radius 1 is 1.24 bits per heavy atom. The molecule has 0 aromatic carbocycles. The normalized spacial score (nSPS) is 11.2. The first-order valence-corrected chi connectivity index (χ1v) is 6.93. The fourth-order valence-corrected chi connectivity index (χ4v) is 1.85. The highest BCUT2D eigenvalue weighted by atomic mass is 16.2. The molecular formula is C15H21N5O. The van der Waals surface area contributed by atoms with Crippen molar-refractivity contribution in [3.05, 3.63) is 36.9 Å². The number of hydrogen-bond donors (Lipinski definition) is 2. The average Bonchev–Trinajstić information content (AvgIpc) is 2.86. The first-order valence-electron chi connectivity index (χ1n) is 6.93. The van der Waals surface area contributed by atoms with Gasteiger partial charge in [0.25, 0.3) is 0 Å². The zero-order valence-electron chi connectivity index (χ0n) is 12.6. The van der Waals surface area contributed by atoms with Crippen molar-refractivity contribution in [3.63, 3.8) is 0 Å². The van der Waals surface area contributed by atoms with Gasteiger partial charge < -0.3 is 10.6 Å². The molecule has 0 unspecified atom stereocenters. The quantitative estimate of drug-likeness (QED) is 0.904. The molecule has 2 aromatic heterocycles. The molecule has 0 aliphatic carbocycles. The highest BCUT2D eigenvalue weighted by Crippen LogP contribution is 2.16. The van der Waals surface area contributed by atoms with Gasteiger partial charge in [0.1, 0.15) is 0 Å². The van der Waals surface area contributed by atoms with E-state index in [0.717, 1.165) is 11.1 Å². The van der Waals surface area contributed by atoms with Crippen LogP contribution in [-0.2, 0) is 6.54 Å². The number of amides is 2. The van der Waals surface area contributed by atoms with E-state index in [-0.39, 0.29) is 11.6 Å². The molecule has 6 nitrogen and oxygen atoms in total. The van der Waals surface area contributed by atoms with Crippen LogP contribution < -0.4 is 10.6 Å². The number of aromatic nitrogens is 3. The molecule has 0 fully saturated rings. The van der Waals surface area contributed by atoms with E-state index in [4.69, 9.17) is 0 Å². The summed E-state index contributed by atoms with van der Waals surface area (Å²) in [5, 5.41) is 9.95. The molecule has 0 saturated heterocycles. The molecule has 2 aromatic rings. The van der Waals surface area contributed by atoms with Crippen LogP contribution in [-0.4, -0.2) is 32.9 Å². The van der Waals surface area contributed by atoms with E-state index in [1.165, 1.54) is 0 Å². The first kappa shape index (κ1) is 15.0. The summed E-state index contributed by atoms with van der Waals surface area (Å²) in [6.45, 7) is 6.99. The van der Waals surface area contributed by atoms with E-state index in [1.807, 2.05) is 50.0 Å². The second-order valence-electron chi connectivity index (χ2n) is 5.86. The molecule has 2 rings (SSSR count). The van der Waals surface area contributed by atoms with Gasteiger partial charge in [-0.1, -0.05) is 0 Å². The van der Waals surface area contributed by atoms with Crippen LogP contribution in [0.4, 0.5) is 4.79 Å². The lowest BCUT2D eigenvalue weighted by Crippen LogP contribution is -2.47. The number of nitrogens with zero attached hydrogens (tertiary/aromatic N) is 3. The van der Waals surface area contributed by atoms with Crippen molar-refractivity contribution < 1.29 is 4.79 Å². The number of rotatable bonds is 4. The Bertz CT molecular complexity index is 586. The van der Waals surface area contributed by atoms with E-state index in [9.17, 15) is 4.79 Å². The van der Waals surface area contributed by atoms with Crippen LogP contribution in [0.2, 0.25) is 0 Å². The number of hydrogen-bond acceptors (Lipinski definition) is 3. The Labute approximate surface area is 124 Å². The van der Waals surface area contributed by atoms with Gasteiger partial charge in [0.15, 0.2) is 0 Å². The minimum atomic E-state index is -0.232. The van der Waals surface area contributed by atoms with Gasteiger partial charge in [0, 0.05) is 36.2 Å². The van der Waals surface area contributed by atoms with Gasteiger partial charge in [-0.05, 0) is 38.5 Å². The summed E-state index contributed by atoms with van der Waals surface area (Å²) in [6, 6.07) is 3.72. The van der Waals surface area contributed by atoms with Crippen molar-refractivity contribution in [3.8, 4) is 11.1 Å². The second kappa shape index (κ2) is 6.39. The van der Waals surface area contributed by atoms with E-state index in [2.05, 4.69) is 20.7 Å². The van der Waals surface area contributed by atoms with Gasteiger partial charge >= 0.3 is 6.03 Å². The summed E-state index contributed by atoms with van der Waals surface area (Å²) < 4.78 is 1.81. The highest BCUT2D eigenvalue weighted by molar-refractivity contribution is 5.74. The molecule has 0 aliphatic heterocycles. The van der Waals surface area contributed by atoms with Crippen molar-refractivity contribution in [2.24, 2.45) is 0 Å². The van der Waals surface area contributed by atoms with Crippen LogP contribution in [0.15, 0.2) is 36.9 Å². The third kappa shape index (κ3) is 4.91. The fourth-order valence-electron chi connectivity index (χ4n) is 1.85. The number of carbonyl (C=O) groups is 1. The summed E-state index contributed by atoms with van der Waals surface area (Å²) in [5.74, 6) is 0. The third-order valence-corrected chi connectivity index (χ3v) is 2.76. The summed E-state index contributed by atoms with van der Waals surface area (Å²) >= 11 is 0. The van der Waals surface area contributed by atoms with E-state index in [1.54, 1.807) is 12.4 Å². The smallest absolute Gasteiger partial charge is 0.315 e. The molecule has 21 heavy (non-hydrogen) atoms. The standard InChI is InChI=1S/C15H21N5O/c1-15(2,3)19-14(21)17-8-9-20-11-13(10-18-20)12-4-6-16-7-5-12/h4-7,10-11H,8-9H2,1-3H3,(H2,17,19,21). The summed E-state index contributed by atoms with van der Waals surface area (Å²) in [7, 11) is 0. The molecule has 2 amide bonds. The van der Waals surface area contributed by atoms with Crippen molar-refractivity contribution in [2.75, 3.05) is 6.54 Å². The van der Waals surface area contributed by atoms with Gasteiger partial charge in [-0.15, -0.1) is 0 Å². The minimum absolute atomic E-state index is 0.163. The fraction of sp³-hybridized carbons (Fsp3) is 0.400. The van der Waals surface area contributed by atoms with E-state index in [0.29, 0.717) is 13.1 Å². The molecule has 0 aliphatic rings. The van der Waals surface area contributed by atoms with Gasteiger partial charge in [0.2, 0.25) is 0 Å². The number of pyridine rings is 1. The zero-order valence-corrected chi connectivity index (χ0v) is 12.6. The molecule has 0 bridgehead atoms. The van der Waals surface area contributed by atoms with Gasteiger partial charge in [-0.3, -0.25) is 9.67 Å². The van der Waals surface area contributed by atoms with Crippen molar-refractivity contribution in [1.29, 1.82) is 0 Å². The van der Waals surface area contributed by atoms with Crippen molar-refractivity contribution in [1.82, 2.24) is 25.4 Å². The monoisotopic (exact) mass is 287 g/mol. The molecule has 0 saturated carbocycles. The summed E-state index contributed by atoms with van der Waals surface area (Å²) in [5.41, 5.74) is 1.89. The molecule has 2 heterocycles. The van der Waals surface area contributed by atoms with Gasteiger partial charge in [-0.2, -0.15) is 5.10 Å². The molecule has 0 radical (unpaired) electrons. The number of nitrogens with one attached hydrogen (secondary N) is 2. The third-order valence-electron chi connectivity index (χ3n) is 2.76. The summed E-state index contributed by atoms with van der Waals surface area (Å²) in [4.78, 5) is 15.6. The lowest BCUT2D eigenvalue weighted by molar-refractivity contribution is 0.231. The largest absolute Gasteiger partial charge is 0.336 e. The molecule has 112 valence electrons. The van der Waals surface area contributed by atoms with Crippen molar-refractivity contribution in [2.45, 2.75) is 32.9 Å². The molecule has 0 spiro atoms. The second-order valence-corrected chi connectivity index (χ2v) is 5.86. The Morgan fingerprint density at radius 2 is 1.95 bits per heavy atom. The predicted octanol–water partition coefficient (Wildman–Crippen LogP) is 2.04. The Balaban J connectivity index is 1.83. The lowest BCUT2D eigenvalue weighted by atomic mass is 10.1. The maximum absolute atomic E-state index is 11.6. The molecule has 6 heteroatoms. The van der Waals surface area contributed by atoms with Crippen LogP contribution in [0.1, 0.15) is 20.8 Å². The van der Waals surface area contributed by atoms with Gasteiger partial charge in [-0.25, -0.2) is 4.79 Å². The van der Waals surface area contributed by atoms with Crippen molar-refractivity contribution >= 4 is 6.03 Å². The Morgan fingerprint density at radius 3 is 2.62 bits per heavy atom. The van der Waals surface area contributed by atoms with Crippen LogP contribution in [0, 0.1) is 0 Å². The van der Waals surface area contributed by atoms with Crippen LogP contribution >= 0.6 is 0 Å². The molecule has 2 N–H and O–H groups in total. The Hall–Kier alpha value is -2.37. The number of carbonyl (C=O) groups excluding carboxylic acids is 1. The van der Waals surface area contributed by atoms with Crippen LogP contribution in [0.5, 0.6) is 0 Å². The van der Waals surface area contributed by atoms with Crippen LogP contribution in [0.3, 0.4) is 0 Å². The predicted molar refractivity (Wildman–Crippen MR) is 81.7 cm³/mol. The maximum atomic E-state index is 11.6. The maximum Gasteiger partial charge on any atom is 0.315 e. The number of urea groups is 1. The van der Waals surface area contributed by atoms with E-state index >= 15 is 0 Å². The van der Waals surface area contributed by atoms with E-state index < -0.39 is 0 Å². The first-order chi connectivity index (χ1) is 9.94.